The third-order valence-corrected chi connectivity index (χ3v) is 2.94. The molecule has 2 aromatic heterocycles. The van der Waals surface area contributed by atoms with Gasteiger partial charge in [0.15, 0.2) is 0 Å². The molecular weight excluding hydrogens is 304 g/mol. The van der Waals surface area contributed by atoms with E-state index in [1.165, 1.54) is 12.3 Å². The maximum absolute atomic E-state index is 12.1. The second-order valence-electron chi connectivity index (χ2n) is 5.89. The summed E-state index contributed by atoms with van der Waals surface area (Å²) in [5.74, 6) is 0.293. The summed E-state index contributed by atoms with van der Waals surface area (Å²) < 4.78 is 28.4. The van der Waals surface area contributed by atoms with E-state index < -0.39 is 12.0 Å². The third-order valence-electron chi connectivity index (χ3n) is 2.94. The predicted octanol–water partition coefficient (Wildman–Crippen LogP) is 3.73. The van der Waals surface area contributed by atoms with Crippen molar-refractivity contribution < 1.29 is 18.3 Å². The number of carbonyl (C=O) groups excluding carboxylic acids is 1. The highest BCUT2D eigenvalue weighted by atomic mass is 19.3. The van der Waals surface area contributed by atoms with Crippen LogP contribution in [0.25, 0.3) is 11.3 Å². The van der Waals surface area contributed by atoms with Crippen molar-refractivity contribution >= 4 is 11.7 Å². The molecule has 0 aliphatic heterocycles. The third kappa shape index (κ3) is 4.70. The van der Waals surface area contributed by atoms with Gasteiger partial charge < -0.3 is 10.1 Å². The predicted molar refractivity (Wildman–Crippen MR) is 82.2 cm³/mol. The van der Waals surface area contributed by atoms with Gasteiger partial charge >= 0.3 is 6.61 Å². The first kappa shape index (κ1) is 16.8. The van der Waals surface area contributed by atoms with Gasteiger partial charge in [-0.1, -0.05) is 20.8 Å². The second-order valence-corrected chi connectivity index (χ2v) is 5.89. The summed E-state index contributed by atoms with van der Waals surface area (Å²) in [7, 11) is 0. The molecular formula is C16H17F2N3O2. The van der Waals surface area contributed by atoms with Crippen LogP contribution in [-0.2, 0) is 4.79 Å². The molecule has 0 saturated heterocycles. The average Bonchev–Trinajstić information content (AvgIpc) is 2.47. The molecule has 0 aromatic carbocycles. The largest absolute Gasteiger partial charge is 0.433 e. The van der Waals surface area contributed by atoms with Crippen LogP contribution >= 0.6 is 0 Å². The van der Waals surface area contributed by atoms with Gasteiger partial charge in [0, 0.05) is 17.2 Å². The lowest BCUT2D eigenvalue weighted by molar-refractivity contribution is -0.123. The highest BCUT2D eigenvalue weighted by molar-refractivity contribution is 5.93. The van der Waals surface area contributed by atoms with Crippen LogP contribution in [0, 0.1) is 5.41 Å². The number of amides is 1. The van der Waals surface area contributed by atoms with Crippen molar-refractivity contribution in [1.29, 1.82) is 0 Å². The molecule has 2 rings (SSSR count). The summed E-state index contributed by atoms with van der Waals surface area (Å²) in [5.41, 5.74) is 0.748. The molecule has 23 heavy (non-hydrogen) atoms. The molecule has 0 aliphatic rings. The summed E-state index contributed by atoms with van der Waals surface area (Å²) >= 11 is 0. The molecule has 0 saturated carbocycles. The molecule has 1 N–H and O–H groups in total. The molecule has 5 nitrogen and oxygen atoms in total. The minimum atomic E-state index is -2.88. The first-order valence-electron chi connectivity index (χ1n) is 6.94. The molecule has 1 amide bonds. The Morgan fingerprint density at radius 2 is 1.87 bits per heavy atom. The number of aromatic nitrogens is 2. The average molecular weight is 321 g/mol. The Morgan fingerprint density at radius 1 is 1.13 bits per heavy atom. The van der Waals surface area contributed by atoms with E-state index >= 15 is 0 Å². The monoisotopic (exact) mass is 321 g/mol. The van der Waals surface area contributed by atoms with Gasteiger partial charge in [-0.15, -0.1) is 0 Å². The van der Waals surface area contributed by atoms with E-state index in [1.54, 1.807) is 24.4 Å². The van der Waals surface area contributed by atoms with Crippen LogP contribution in [0.5, 0.6) is 5.75 Å². The van der Waals surface area contributed by atoms with E-state index in [1.807, 2.05) is 20.8 Å². The van der Waals surface area contributed by atoms with Gasteiger partial charge in [-0.25, -0.2) is 4.98 Å². The van der Waals surface area contributed by atoms with E-state index in [0.29, 0.717) is 17.1 Å². The van der Waals surface area contributed by atoms with Crippen molar-refractivity contribution in [3.8, 4) is 17.0 Å². The number of rotatable bonds is 4. The Kier molecular flexibility index (Phi) is 4.88. The van der Waals surface area contributed by atoms with Crippen LogP contribution in [-0.4, -0.2) is 22.5 Å². The van der Waals surface area contributed by atoms with Crippen molar-refractivity contribution in [3.05, 3.63) is 36.7 Å². The first-order chi connectivity index (χ1) is 10.8. The summed E-state index contributed by atoms with van der Waals surface area (Å²) in [4.78, 5) is 20.1. The van der Waals surface area contributed by atoms with Gasteiger partial charge in [0.2, 0.25) is 5.91 Å². The van der Waals surface area contributed by atoms with Gasteiger partial charge in [0.05, 0.1) is 11.9 Å². The number of hydrogen-bond donors (Lipinski definition) is 1. The zero-order chi connectivity index (χ0) is 17.0. The minimum absolute atomic E-state index is 0.00855. The molecule has 0 unspecified atom stereocenters. The molecule has 2 heterocycles. The van der Waals surface area contributed by atoms with Gasteiger partial charge in [0.25, 0.3) is 0 Å². The molecule has 0 fully saturated rings. The summed E-state index contributed by atoms with van der Waals surface area (Å²) in [5, 5.41) is 2.72. The summed E-state index contributed by atoms with van der Waals surface area (Å²) in [6.45, 7) is 2.55. The number of carbonyl (C=O) groups is 1. The standard InChI is InChI=1S/C16H17F2N3O2/c1-16(2,3)14(22)21-13-7-4-10(8-20-13)12-6-5-11(9-19-12)23-15(17)18/h4-9,15H,1-3H3,(H,20,21,22). The van der Waals surface area contributed by atoms with E-state index in [0.717, 1.165) is 0 Å². The fourth-order valence-electron chi connectivity index (χ4n) is 1.65. The molecule has 7 heteroatoms. The number of nitrogens with zero attached hydrogens (tertiary/aromatic N) is 2. The van der Waals surface area contributed by atoms with Gasteiger partial charge in [0.1, 0.15) is 11.6 Å². The Morgan fingerprint density at radius 3 is 2.35 bits per heavy atom. The van der Waals surface area contributed by atoms with Gasteiger partial charge in [-0.3, -0.25) is 9.78 Å². The number of halogens is 2. The number of pyridine rings is 2. The molecule has 122 valence electrons. The number of nitrogens with one attached hydrogen (secondary N) is 1. The zero-order valence-corrected chi connectivity index (χ0v) is 13.0. The number of hydrogen-bond acceptors (Lipinski definition) is 4. The SMILES string of the molecule is CC(C)(C)C(=O)Nc1ccc(-c2ccc(OC(F)F)cn2)cn1. The first-order valence-corrected chi connectivity index (χ1v) is 6.94. The molecule has 0 radical (unpaired) electrons. The van der Waals surface area contributed by atoms with Crippen LogP contribution < -0.4 is 10.1 Å². The van der Waals surface area contributed by atoms with E-state index in [9.17, 15) is 13.6 Å². The smallest absolute Gasteiger partial charge is 0.387 e. The zero-order valence-electron chi connectivity index (χ0n) is 13.0. The summed E-state index contributed by atoms with van der Waals surface area (Å²) in [6.07, 6.45) is 2.77. The van der Waals surface area contributed by atoms with Gasteiger partial charge in [-0.2, -0.15) is 8.78 Å². The number of ether oxygens (including phenoxy) is 1. The molecule has 0 bridgehead atoms. The topological polar surface area (TPSA) is 64.1 Å². The van der Waals surface area contributed by atoms with E-state index in [-0.39, 0.29) is 11.7 Å². The van der Waals surface area contributed by atoms with Crippen molar-refractivity contribution in [1.82, 2.24) is 9.97 Å². The van der Waals surface area contributed by atoms with E-state index in [4.69, 9.17) is 0 Å². The van der Waals surface area contributed by atoms with Crippen LogP contribution in [0.2, 0.25) is 0 Å². The van der Waals surface area contributed by atoms with Crippen LogP contribution in [0.3, 0.4) is 0 Å². The minimum Gasteiger partial charge on any atom is -0.433 e. The fraction of sp³-hybridized carbons (Fsp3) is 0.312. The Bertz CT molecular complexity index is 665. The normalized spacial score (nSPS) is 11.4. The quantitative estimate of drug-likeness (QED) is 0.932. The molecule has 2 aromatic rings. The lowest BCUT2D eigenvalue weighted by atomic mass is 9.96. The molecule has 0 spiro atoms. The van der Waals surface area contributed by atoms with E-state index in [2.05, 4.69) is 20.0 Å². The summed E-state index contributed by atoms with van der Waals surface area (Å²) in [6, 6.07) is 6.36. The fourth-order valence-corrected chi connectivity index (χ4v) is 1.65. The number of anilines is 1. The van der Waals surface area contributed by atoms with Crippen molar-refractivity contribution in [2.75, 3.05) is 5.32 Å². The highest BCUT2D eigenvalue weighted by Gasteiger charge is 2.21. The van der Waals surface area contributed by atoms with Gasteiger partial charge in [-0.05, 0) is 24.3 Å². The lowest BCUT2D eigenvalue weighted by Crippen LogP contribution is -2.27. The Labute approximate surface area is 132 Å². The van der Waals surface area contributed by atoms with Crippen LogP contribution in [0.15, 0.2) is 36.7 Å². The second kappa shape index (κ2) is 6.68. The molecule has 0 aliphatic carbocycles. The van der Waals surface area contributed by atoms with Crippen molar-refractivity contribution in [2.24, 2.45) is 5.41 Å². The lowest BCUT2D eigenvalue weighted by Gasteiger charge is -2.17. The maximum Gasteiger partial charge on any atom is 0.387 e. The number of alkyl halides is 2. The van der Waals surface area contributed by atoms with Crippen LogP contribution in [0.4, 0.5) is 14.6 Å². The maximum atomic E-state index is 12.1. The molecule has 0 atom stereocenters. The highest BCUT2D eigenvalue weighted by Crippen LogP contribution is 2.22. The van der Waals surface area contributed by atoms with Crippen molar-refractivity contribution in [2.45, 2.75) is 27.4 Å². The van der Waals surface area contributed by atoms with Crippen LogP contribution in [0.1, 0.15) is 20.8 Å². The Balaban J connectivity index is 2.09. The Hall–Kier alpha value is -2.57. The van der Waals surface area contributed by atoms with Crippen molar-refractivity contribution in [3.63, 3.8) is 0 Å².